The Bertz CT molecular complexity index is 1030. The van der Waals surface area contributed by atoms with Crippen molar-refractivity contribution in [3.63, 3.8) is 0 Å². The van der Waals surface area contributed by atoms with E-state index in [2.05, 4.69) is 0 Å². The van der Waals surface area contributed by atoms with Crippen LogP contribution in [0.3, 0.4) is 0 Å². The number of carbonyl (C=O) groups is 2. The first-order chi connectivity index (χ1) is 20.7. The first kappa shape index (κ1) is 32.6. The summed E-state index contributed by atoms with van der Waals surface area (Å²) in [5.41, 5.74) is 1.04. The molecule has 3 aromatic rings. The maximum absolute atomic E-state index is 11.8. The van der Waals surface area contributed by atoms with E-state index in [1.165, 1.54) is 0 Å². The van der Waals surface area contributed by atoms with Crippen LogP contribution < -0.4 is 9.47 Å². The lowest BCUT2D eigenvalue weighted by Crippen LogP contribution is -2.14. The van der Waals surface area contributed by atoms with Crippen LogP contribution >= 0.6 is 0 Å². The quantitative estimate of drug-likeness (QED) is 0.126. The van der Waals surface area contributed by atoms with Gasteiger partial charge in [0.05, 0.1) is 64.0 Å². The fourth-order valence-corrected chi connectivity index (χ4v) is 3.41. The van der Waals surface area contributed by atoms with E-state index in [1.807, 2.05) is 36.4 Å². The van der Waals surface area contributed by atoms with E-state index in [0.29, 0.717) is 88.7 Å². The molecule has 0 saturated heterocycles. The minimum Gasteiger partial charge on any atom is -0.491 e. The number of hydrogen-bond acceptors (Lipinski definition) is 10. The molecule has 0 fully saturated rings. The van der Waals surface area contributed by atoms with Gasteiger partial charge in [-0.3, -0.25) is 0 Å². The zero-order chi connectivity index (χ0) is 29.5. The Hall–Kier alpha value is -3.96. The summed E-state index contributed by atoms with van der Waals surface area (Å²) in [6, 6.07) is 25.0. The second-order valence-corrected chi connectivity index (χ2v) is 8.62. The van der Waals surface area contributed by atoms with Crippen molar-refractivity contribution in [2.24, 2.45) is 0 Å². The van der Waals surface area contributed by atoms with Gasteiger partial charge in [0.1, 0.15) is 37.9 Å². The van der Waals surface area contributed by atoms with Crippen LogP contribution in [-0.2, 0) is 28.4 Å². The van der Waals surface area contributed by atoms with Gasteiger partial charge in [-0.05, 0) is 48.5 Å². The molecule has 0 radical (unpaired) electrons. The average Bonchev–Trinajstić information content (AvgIpc) is 3.04. The highest BCUT2D eigenvalue weighted by Gasteiger charge is 2.06. The Labute approximate surface area is 246 Å². The van der Waals surface area contributed by atoms with E-state index in [1.54, 1.807) is 48.5 Å². The van der Waals surface area contributed by atoms with E-state index < -0.39 is 0 Å². The van der Waals surface area contributed by atoms with E-state index >= 15 is 0 Å². The van der Waals surface area contributed by atoms with Gasteiger partial charge in [-0.2, -0.15) is 0 Å². The molecule has 0 aliphatic rings. The van der Waals surface area contributed by atoms with E-state index in [9.17, 15) is 9.59 Å². The van der Waals surface area contributed by atoms with Gasteiger partial charge in [0.2, 0.25) is 0 Å². The van der Waals surface area contributed by atoms with Crippen molar-refractivity contribution in [2.45, 2.75) is 0 Å². The predicted molar refractivity (Wildman–Crippen MR) is 154 cm³/mol. The summed E-state index contributed by atoms with van der Waals surface area (Å²) in [6.45, 7) is 4.28. The molecule has 0 saturated carbocycles. The molecule has 3 rings (SSSR count). The highest BCUT2D eigenvalue weighted by Crippen LogP contribution is 2.17. The van der Waals surface area contributed by atoms with Crippen molar-refractivity contribution < 1.29 is 47.5 Å². The van der Waals surface area contributed by atoms with Crippen molar-refractivity contribution in [3.8, 4) is 11.5 Å². The lowest BCUT2D eigenvalue weighted by atomic mass is 10.2. The van der Waals surface area contributed by atoms with Crippen LogP contribution in [0.4, 0.5) is 0 Å². The van der Waals surface area contributed by atoms with Crippen molar-refractivity contribution in [1.82, 2.24) is 0 Å². The van der Waals surface area contributed by atoms with E-state index in [4.69, 9.17) is 37.9 Å². The second-order valence-electron chi connectivity index (χ2n) is 8.62. The summed E-state index contributed by atoms with van der Waals surface area (Å²) >= 11 is 0. The zero-order valence-corrected chi connectivity index (χ0v) is 23.7. The Balaban J connectivity index is 1.07. The van der Waals surface area contributed by atoms with Gasteiger partial charge in [0.15, 0.2) is 0 Å². The first-order valence-corrected chi connectivity index (χ1v) is 13.8. The maximum atomic E-state index is 11.8. The molecule has 0 bridgehead atoms. The molecule has 0 atom stereocenters. The van der Waals surface area contributed by atoms with Crippen LogP contribution in [0.5, 0.6) is 11.5 Å². The third kappa shape index (κ3) is 14.1. The minimum atomic E-state index is -0.364. The molecule has 42 heavy (non-hydrogen) atoms. The molecular formula is C32H38O10. The van der Waals surface area contributed by atoms with Gasteiger partial charge in [-0.25, -0.2) is 9.59 Å². The number of benzene rings is 3. The van der Waals surface area contributed by atoms with Crippen molar-refractivity contribution >= 4 is 11.9 Å². The minimum absolute atomic E-state index is 0.190. The summed E-state index contributed by atoms with van der Waals surface area (Å²) < 4.78 is 43.4. The molecule has 0 aliphatic heterocycles. The number of rotatable bonds is 22. The summed E-state index contributed by atoms with van der Waals surface area (Å²) in [5.74, 6) is 0.699. The molecule has 0 aromatic heterocycles. The van der Waals surface area contributed by atoms with E-state index in [0.717, 1.165) is 0 Å². The van der Waals surface area contributed by atoms with Crippen LogP contribution in [-0.4, -0.2) is 91.2 Å². The molecule has 0 heterocycles. The van der Waals surface area contributed by atoms with Crippen molar-refractivity contribution in [2.75, 3.05) is 79.3 Å². The largest absolute Gasteiger partial charge is 0.491 e. The molecule has 0 aliphatic carbocycles. The van der Waals surface area contributed by atoms with Crippen molar-refractivity contribution in [1.29, 1.82) is 0 Å². The Morgan fingerprint density at radius 3 is 1.05 bits per heavy atom. The topological polar surface area (TPSA) is 108 Å². The van der Waals surface area contributed by atoms with Crippen molar-refractivity contribution in [3.05, 3.63) is 96.1 Å². The number of ether oxygens (including phenoxy) is 8. The number of esters is 2. The number of hydrogen-bond donors (Lipinski definition) is 0. The van der Waals surface area contributed by atoms with Gasteiger partial charge >= 0.3 is 11.9 Å². The molecule has 0 N–H and O–H groups in total. The highest BCUT2D eigenvalue weighted by atomic mass is 16.6. The van der Waals surface area contributed by atoms with Crippen LogP contribution in [0.25, 0.3) is 0 Å². The molecule has 0 spiro atoms. The SMILES string of the molecule is O=C(OCCOCCOCCOc1ccc(OCCOCCOCCOC(=O)c2ccccc2)cc1)c1ccccc1. The Morgan fingerprint density at radius 1 is 0.381 bits per heavy atom. The molecule has 10 heteroatoms. The van der Waals surface area contributed by atoms with Crippen LogP contribution in [0.15, 0.2) is 84.9 Å². The van der Waals surface area contributed by atoms with Gasteiger partial charge in [-0.1, -0.05) is 36.4 Å². The maximum Gasteiger partial charge on any atom is 0.338 e. The second kappa shape index (κ2) is 20.8. The first-order valence-electron chi connectivity index (χ1n) is 13.8. The summed E-state index contributed by atoms with van der Waals surface area (Å²) in [7, 11) is 0. The van der Waals surface area contributed by atoms with Crippen LogP contribution in [0.1, 0.15) is 20.7 Å². The van der Waals surface area contributed by atoms with Crippen LogP contribution in [0, 0.1) is 0 Å². The third-order valence-corrected chi connectivity index (χ3v) is 5.50. The molecule has 0 unspecified atom stereocenters. The molecule has 10 nitrogen and oxygen atoms in total. The molecule has 0 amide bonds. The fraction of sp³-hybridized carbons (Fsp3) is 0.375. The summed E-state index contributed by atoms with van der Waals surface area (Å²) in [4.78, 5) is 23.6. The lowest BCUT2D eigenvalue weighted by Gasteiger charge is -2.10. The smallest absolute Gasteiger partial charge is 0.338 e. The highest BCUT2D eigenvalue weighted by molar-refractivity contribution is 5.89. The normalized spacial score (nSPS) is 10.7. The number of carbonyl (C=O) groups excluding carboxylic acids is 2. The Morgan fingerprint density at radius 2 is 0.690 bits per heavy atom. The molecule has 3 aromatic carbocycles. The lowest BCUT2D eigenvalue weighted by molar-refractivity contribution is 0.0102. The monoisotopic (exact) mass is 582 g/mol. The van der Waals surface area contributed by atoms with Crippen LogP contribution in [0.2, 0.25) is 0 Å². The average molecular weight is 583 g/mol. The van der Waals surface area contributed by atoms with Gasteiger partial charge in [0, 0.05) is 0 Å². The van der Waals surface area contributed by atoms with Gasteiger partial charge in [0.25, 0.3) is 0 Å². The fourth-order valence-electron chi connectivity index (χ4n) is 3.41. The zero-order valence-electron chi connectivity index (χ0n) is 23.7. The predicted octanol–water partition coefficient (Wildman–Crippen LogP) is 4.22. The third-order valence-electron chi connectivity index (χ3n) is 5.50. The Kier molecular flexibility index (Phi) is 16.2. The van der Waals surface area contributed by atoms with Gasteiger partial charge in [-0.15, -0.1) is 0 Å². The molecular weight excluding hydrogens is 544 g/mol. The summed E-state index contributed by atoms with van der Waals surface area (Å²) in [5, 5.41) is 0. The van der Waals surface area contributed by atoms with E-state index in [-0.39, 0.29) is 25.2 Å². The molecule has 226 valence electrons. The standard InChI is InChI=1S/C32H38O10/c33-31(27-7-3-1-4-8-27)41-25-21-37-17-15-35-19-23-39-29-11-13-30(14-12-29)40-24-20-36-16-18-38-22-26-42-32(34)28-9-5-2-6-10-28/h1-14H,15-26H2. The van der Waals surface area contributed by atoms with Gasteiger partial charge < -0.3 is 37.9 Å². The summed E-state index contributed by atoms with van der Waals surface area (Å²) in [6.07, 6.45) is 0.